The zero-order valence-corrected chi connectivity index (χ0v) is 7.53. The van der Waals surface area contributed by atoms with Crippen LogP contribution in [0.2, 0.25) is 0 Å². The van der Waals surface area contributed by atoms with Crippen molar-refractivity contribution in [2.75, 3.05) is 33.3 Å². The third-order valence-electron chi connectivity index (χ3n) is 2.00. The first-order valence-electron chi connectivity index (χ1n) is 4.00. The van der Waals surface area contributed by atoms with Crippen LogP contribution in [0.15, 0.2) is 5.11 Å². The van der Waals surface area contributed by atoms with E-state index >= 15 is 0 Å². The number of morpholine rings is 1. The number of azide groups is 1. The quantitative estimate of drug-likeness (QED) is 0.353. The lowest BCUT2D eigenvalue weighted by Crippen LogP contribution is -2.50. The molecule has 1 heterocycles. The topological polar surface area (TPSA) is 61.2 Å². The van der Waals surface area contributed by atoms with Gasteiger partial charge in [-0.1, -0.05) is 5.11 Å². The van der Waals surface area contributed by atoms with Gasteiger partial charge in [0, 0.05) is 18.0 Å². The summed E-state index contributed by atoms with van der Waals surface area (Å²) in [6.45, 7) is 4.87. The molecule has 0 bridgehead atoms. The van der Waals surface area contributed by atoms with E-state index in [-0.39, 0.29) is 5.60 Å². The number of hydrogen-bond acceptors (Lipinski definition) is 3. The van der Waals surface area contributed by atoms with Crippen molar-refractivity contribution in [3.63, 3.8) is 0 Å². The second-order valence-corrected chi connectivity index (χ2v) is 3.43. The minimum absolute atomic E-state index is 0.292. The van der Waals surface area contributed by atoms with Gasteiger partial charge in [0.25, 0.3) is 0 Å². The van der Waals surface area contributed by atoms with E-state index in [1.165, 1.54) is 0 Å². The fraction of sp³-hybridized carbons (Fsp3) is 1.00. The molecule has 0 aromatic heterocycles. The van der Waals surface area contributed by atoms with Gasteiger partial charge in [-0.3, -0.25) is 0 Å². The molecular weight excluding hydrogens is 156 g/mol. The SMILES string of the molecule is CN1CCOC(C)(CN=[N+]=[N-])C1. The highest BCUT2D eigenvalue weighted by Gasteiger charge is 2.29. The Hall–Kier alpha value is -0.770. The van der Waals surface area contributed by atoms with Crippen molar-refractivity contribution in [3.8, 4) is 0 Å². The van der Waals surface area contributed by atoms with Gasteiger partial charge in [0.05, 0.1) is 18.8 Å². The molecule has 68 valence electrons. The molecule has 0 N–H and O–H groups in total. The molecule has 0 aromatic rings. The number of ether oxygens (including phenoxy) is 1. The average molecular weight is 170 g/mol. The number of hydrogen-bond donors (Lipinski definition) is 0. The van der Waals surface area contributed by atoms with E-state index < -0.39 is 0 Å². The molecule has 1 fully saturated rings. The van der Waals surface area contributed by atoms with Gasteiger partial charge in [0.2, 0.25) is 0 Å². The van der Waals surface area contributed by atoms with E-state index in [2.05, 4.69) is 14.9 Å². The summed E-state index contributed by atoms with van der Waals surface area (Å²) in [6, 6.07) is 0. The molecule has 1 aliphatic heterocycles. The summed E-state index contributed by atoms with van der Waals surface area (Å²) in [5.74, 6) is 0. The van der Waals surface area contributed by atoms with Crippen LogP contribution in [0.1, 0.15) is 6.92 Å². The fourth-order valence-electron chi connectivity index (χ4n) is 1.42. The van der Waals surface area contributed by atoms with Gasteiger partial charge in [-0.05, 0) is 19.5 Å². The van der Waals surface area contributed by atoms with Crippen LogP contribution in [0.5, 0.6) is 0 Å². The summed E-state index contributed by atoms with van der Waals surface area (Å²) >= 11 is 0. The molecule has 1 aliphatic rings. The molecule has 0 aromatic carbocycles. The van der Waals surface area contributed by atoms with Crippen LogP contribution < -0.4 is 0 Å². The lowest BCUT2D eigenvalue weighted by Gasteiger charge is -2.37. The van der Waals surface area contributed by atoms with Crippen LogP contribution >= 0.6 is 0 Å². The predicted octanol–water partition coefficient (Wildman–Crippen LogP) is 1.02. The monoisotopic (exact) mass is 170 g/mol. The maximum absolute atomic E-state index is 8.17. The first-order valence-corrected chi connectivity index (χ1v) is 4.00. The van der Waals surface area contributed by atoms with Crippen LogP contribution in [0.3, 0.4) is 0 Å². The lowest BCUT2D eigenvalue weighted by atomic mass is 10.1. The highest BCUT2D eigenvalue weighted by Crippen LogP contribution is 2.16. The van der Waals surface area contributed by atoms with Gasteiger partial charge < -0.3 is 9.64 Å². The van der Waals surface area contributed by atoms with E-state index in [4.69, 9.17) is 10.3 Å². The van der Waals surface area contributed by atoms with Crippen molar-refractivity contribution in [3.05, 3.63) is 10.4 Å². The Morgan fingerprint density at radius 2 is 2.50 bits per heavy atom. The van der Waals surface area contributed by atoms with Crippen LogP contribution in [0.4, 0.5) is 0 Å². The normalized spacial score (nSPS) is 31.2. The molecule has 1 rings (SSSR count). The molecule has 1 atom stereocenters. The van der Waals surface area contributed by atoms with Crippen molar-refractivity contribution >= 4 is 0 Å². The maximum atomic E-state index is 8.17. The Morgan fingerprint density at radius 1 is 1.75 bits per heavy atom. The van der Waals surface area contributed by atoms with E-state index in [1.54, 1.807) is 0 Å². The summed E-state index contributed by atoms with van der Waals surface area (Å²) in [6.07, 6.45) is 0. The third-order valence-corrected chi connectivity index (χ3v) is 2.00. The summed E-state index contributed by atoms with van der Waals surface area (Å²) < 4.78 is 5.53. The molecule has 1 saturated heterocycles. The predicted molar refractivity (Wildman–Crippen MR) is 45.9 cm³/mol. The van der Waals surface area contributed by atoms with Gasteiger partial charge in [-0.2, -0.15) is 0 Å². The molecule has 12 heavy (non-hydrogen) atoms. The number of rotatable bonds is 2. The second kappa shape index (κ2) is 3.76. The van der Waals surface area contributed by atoms with Crippen molar-refractivity contribution < 1.29 is 4.74 Å². The van der Waals surface area contributed by atoms with Gasteiger partial charge in [0.15, 0.2) is 0 Å². The Kier molecular flexibility index (Phi) is 2.92. The molecule has 0 amide bonds. The van der Waals surface area contributed by atoms with Crippen molar-refractivity contribution in [2.45, 2.75) is 12.5 Å². The maximum Gasteiger partial charge on any atom is 0.0837 e. The van der Waals surface area contributed by atoms with Crippen molar-refractivity contribution in [1.29, 1.82) is 0 Å². The molecule has 0 spiro atoms. The summed E-state index contributed by atoms with van der Waals surface area (Å²) in [7, 11) is 2.04. The first kappa shape index (κ1) is 9.32. The van der Waals surface area contributed by atoms with Gasteiger partial charge in [0.1, 0.15) is 0 Å². The van der Waals surface area contributed by atoms with Crippen molar-refractivity contribution in [2.24, 2.45) is 5.11 Å². The molecule has 1 unspecified atom stereocenters. The fourth-order valence-corrected chi connectivity index (χ4v) is 1.42. The molecular formula is C7H14N4O. The number of likely N-dealkylation sites (N-methyl/N-ethyl adjacent to an activating group) is 1. The second-order valence-electron chi connectivity index (χ2n) is 3.43. The Labute approximate surface area is 71.9 Å². The summed E-state index contributed by atoms with van der Waals surface area (Å²) in [5, 5.41) is 3.53. The Bertz CT molecular complexity index is 202. The molecule has 0 saturated carbocycles. The van der Waals surface area contributed by atoms with Crippen LogP contribution in [-0.2, 0) is 4.74 Å². The standard InChI is InChI=1S/C7H14N4O/c1-7(5-9-10-8)6-11(2)3-4-12-7/h3-6H2,1-2H3. The Balaban J connectivity index is 2.50. The zero-order valence-electron chi connectivity index (χ0n) is 7.53. The molecule has 5 heteroatoms. The molecule has 5 nitrogen and oxygen atoms in total. The highest BCUT2D eigenvalue weighted by atomic mass is 16.5. The first-order chi connectivity index (χ1) is 5.66. The smallest absolute Gasteiger partial charge is 0.0837 e. The van der Waals surface area contributed by atoms with E-state index in [0.717, 1.165) is 13.1 Å². The largest absolute Gasteiger partial charge is 0.372 e. The van der Waals surface area contributed by atoms with Gasteiger partial charge in [-0.15, -0.1) is 0 Å². The van der Waals surface area contributed by atoms with E-state index in [1.807, 2.05) is 14.0 Å². The zero-order chi connectivity index (χ0) is 9.03. The minimum atomic E-state index is -0.292. The molecule has 0 radical (unpaired) electrons. The van der Waals surface area contributed by atoms with Gasteiger partial charge in [-0.25, -0.2) is 0 Å². The summed E-state index contributed by atoms with van der Waals surface area (Å²) in [5.41, 5.74) is 7.87. The molecule has 0 aliphatic carbocycles. The van der Waals surface area contributed by atoms with Gasteiger partial charge >= 0.3 is 0 Å². The minimum Gasteiger partial charge on any atom is -0.372 e. The Morgan fingerprint density at radius 3 is 3.08 bits per heavy atom. The van der Waals surface area contributed by atoms with Crippen LogP contribution in [-0.4, -0.2) is 43.8 Å². The number of nitrogens with zero attached hydrogens (tertiary/aromatic N) is 4. The van der Waals surface area contributed by atoms with E-state index in [0.29, 0.717) is 13.2 Å². The van der Waals surface area contributed by atoms with Crippen LogP contribution in [0, 0.1) is 0 Å². The van der Waals surface area contributed by atoms with Crippen LogP contribution in [0.25, 0.3) is 10.4 Å². The van der Waals surface area contributed by atoms with Crippen molar-refractivity contribution in [1.82, 2.24) is 4.90 Å². The highest BCUT2D eigenvalue weighted by molar-refractivity contribution is 4.84. The third kappa shape index (κ3) is 2.37. The van der Waals surface area contributed by atoms with E-state index in [9.17, 15) is 0 Å². The average Bonchev–Trinajstić information content (AvgIpc) is 2.01. The lowest BCUT2D eigenvalue weighted by molar-refractivity contribution is -0.0846. The summed E-state index contributed by atoms with van der Waals surface area (Å²) in [4.78, 5) is 4.90.